The van der Waals surface area contributed by atoms with Crippen molar-refractivity contribution >= 4 is 34.8 Å². The molecule has 2 aromatic carbocycles. The first-order valence-electron chi connectivity index (χ1n) is 6.46. The van der Waals surface area contributed by atoms with E-state index in [1.165, 1.54) is 5.56 Å². The van der Waals surface area contributed by atoms with Gasteiger partial charge in [0.05, 0.1) is 0 Å². The highest BCUT2D eigenvalue weighted by Gasteiger charge is 2.29. The van der Waals surface area contributed by atoms with E-state index < -0.39 is 4.33 Å². The second-order valence-electron chi connectivity index (χ2n) is 5.91. The summed E-state index contributed by atoms with van der Waals surface area (Å²) in [6.07, 6.45) is 0. The van der Waals surface area contributed by atoms with Crippen LogP contribution in [0.2, 0.25) is 5.02 Å². The predicted octanol–water partition coefficient (Wildman–Crippen LogP) is 6.32. The lowest BCUT2D eigenvalue weighted by Gasteiger charge is -2.23. The zero-order chi connectivity index (χ0) is 15.0. The standard InChI is InChI=1S/C17H17Cl3/c1-16(2,3)12-7-9-13(10-8-12)17(19,20)14-5-4-6-15(18)11-14/h4-11H,1-3H3. The predicted molar refractivity (Wildman–Crippen MR) is 89.1 cm³/mol. The van der Waals surface area contributed by atoms with Crippen molar-refractivity contribution in [1.29, 1.82) is 0 Å². The molecule has 3 heteroatoms. The Morgan fingerprint density at radius 1 is 0.750 bits per heavy atom. The van der Waals surface area contributed by atoms with Crippen molar-refractivity contribution in [3.05, 3.63) is 70.2 Å². The molecule has 0 heterocycles. The molecule has 0 amide bonds. The summed E-state index contributed by atoms with van der Waals surface area (Å²) in [6.45, 7) is 6.52. The average molecular weight is 328 g/mol. The van der Waals surface area contributed by atoms with Crippen molar-refractivity contribution in [2.45, 2.75) is 30.5 Å². The van der Waals surface area contributed by atoms with Gasteiger partial charge in [0.25, 0.3) is 0 Å². The largest absolute Gasteiger partial charge is 0.168 e. The minimum absolute atomic E-state index is 0.107. The molecule has 0 radical (unpaired) electrons. The molecule has 0 atom stereocenters. The Balaban J connectivity index is 2.39. The van der Waals surface area contributed by atoms with Crippen LogP contribution in [-0.4, -0.2) is 0 Å². The molecule has 20 heavy (non-hydrogen) atoms. The van der Waals surface area contributed by atoms with Crippen molar-refractivity contribution in [2.24, 2.45) is 0 Å². The first-order chi connectivity index (χ1) is 9.21. The molecule has 0 fully saturated rings. The molecule has 0 aliphatic heterocycles. The zero-order valence-electron chi connectivity index (χ0n) is 11.8. The van der Waals surface area contributed by atoms with Crippen LogP contribution in [0.5, 0.6) is 0 Å². The number of hydrogen-bond acceptors (Lipinski definition) is 0. The normalized spacial score (nSPS) is 12.5. The molecule has 106 valence electrons. The van der Waals surface area contributed by atoms with Crippen LogP contribution in [0.1, 0.15) is 37.5 Å². The van der Waals surface area contributed by atoms with Gasteiger partial charge in [0.15, 0.2) is 4.33 Å². The lowest BCUT2D eigenvalue weighted by Crippen LogP contribution is -2.14. The lowest BCUT2D eigenvalue weighted by atomic mass is 9.86. The van der Waals surface area contributed by atoms with Crippen LogP contribution in [0.4, 0.5) is 0 Å². The summed E-state index contributed by atoms with van der Waals surface area (Å²) in [5.41, 5.74) is 2.97. The van der Waals surface area contributed by atoms with Crippen LogP contribution < -0.4 is 0 Å². The van der Waals surface area contributed by atoms with Crippen molar-refractivity contribution in [2.75, 3.05) is 0 Å². The Hall–Kier alpha value is -0.690. The van der Waals surface area contributed by atoms with Crippen LogP contribution in [0.15, 0.2) is 48.5 Å². The van der Waals surface area contributed by atoms with E-state index in [1.54, 1.807) is 12.1 Å². The summed E-state index contributed by atoms with van der Waals surface area (Å²) in [7, 11) is 0. The van der Waals surface area contributed by atoms with E-state index >= 15 is 0 Å². The summed E-state index contributed by atoms with van der Waals surface area (Å²) in [6, 6.07) is 15.4. The fourth-order valence-electron chi connectivity index (χ4n) is 2.03. The SMILES string of the molecule is CC(C)(C)c1ccc(C(Cl)(Cl)c2cccc(Cl)c2)cc1. The highest BCUT2D eigenvalue weighted by Crippen LogP contribution is 2.42. The van der Waals surface area contributed by atoms with Crippen LogP contribution in [0, 0.1) is 0 Å². The van der Waals surface area contributed by atoms with E-state index in [-0.39, 0.29) is 5.41 Å². The molecule has 0 N–H and O–H groups in total. The van der Waals surface area contributed by atoms with Crippen molar-refractivity contribution in [3.63, 3.8) is 0 Å². The first-order valence-corrected chi connectivity index (χ1v) is 7.59. The minimum Gasteiger partial charge on any atom is -0.0909 e. The summed E-state index contributed by atoms with van der Waals surface area (Å²) in [5.74, 6) is 0. The number of halogens is 3. The highest BCUT2D eigenvalue weighted by atomic mass is 35.5. The van der Waals surface area contributed by atoms with Gasteiger partial charge >= 0.3 is 0 Å². The maximum Gasteiger partial charge on any atom is 0.168 e. The fraction of sp³-hybridized carbons (Fsp3) is 0.294. The van der Waals surface area contributed by atoms with Crippen molar-refractivity contribution in [3.8, 4) is 0 Å². The molecule has 0 nitrogen and oxygen atoms in total. The molecule has 0 bridgehead atoms. The van der Waals surface area contributed by atoms with E-state index in [0.29, 0.717) is 5.02 Å². The number of rotatable bonds is 2. The molecule has 0 spiro atoms. The highest BCUT2D eigenvalue weighted by molar-refractivity contribution is 6.50. The number of hydrogen-bond donors (Lipinski definition) is 0. The summed E-state index contributed by atoms with van der Waals surface area (Å²) in [5, 5.41) is 0.625. The molecule has 0 aliphatic carbocycles. The molecule has 0 unspecified atom stereocenters. The number of alkyl halides is 2. The monoisotopic (exact) mass is 326 g/mol. The van der Waals surface area contributed by atoms with Crippen LogP contribution in [0.3, 0.4) is 0 Å². The third kappa shape index (κ3) is 3.31. The molecule has 0 saturated carbocycles. The van der Waals surface area contributed by atoms with Gasteiger partial charge in [-0.1, -0.05) is 92.0 Å². The zero-order valence-corrected chi connectivity index (χ0v) is 14.0. The smallest absolute Gasteiger partial charge is 0.0909 e. The van der Waals surface area contributed by atoms with Gasteiger partial charge in [0.2, 0.25) is 0 Å². The fourth-order valence-corrected chi connectivity index (χ4v) is 2.71. The van der Waals surface area contributed by atoms with Gasteiger partial charge in [0, 0.05) is 5.02 Å². The van der Waals surface area contributed by atoms with Crippen LogP contribution in [-0.2, 0) is 9.75 Å². The molecule has 0 aliphatic rings. The van der Waals surface area contributed by atoms with Gasteiger partial charge in [-0.05, 0) is 34.2 Å². The second-order valence-corrected chi connectivity index (χ2v) is 7.68. The van der Waals surface area contributed by atoms with E-state index in [9.17, 15) is 0 Å². The number of benzene rings is 2. The van der Waals surface area contributed by atoms with Gasteiger partial charge in [-0.2, -0.15) is 0 Å². The molecular weight excluding hydrogens is 311 g/mol. The topological polar surface area (TPSA) is 0 Å². The maximum atomic E-state index is 6.53. The Kier molecular flexibility index (Phi) is 4.39. The Bertz CT molecular complexity index is 592. The quantitative estimate of drug-likeness (QED) is 0.566. The average Bonchev–Trinajstić information content (AvgIpc) is 2.38. The van der Waals surface area contributed by atoms with Gasteiger partial charge < -0.3 is 0 Å². The van der Waals surface area contributed by atoms with E-state index in [0.717, 1.165) is 11.1 Å². The molecule has 2 aromatic rings. The lowest BCUT2D eigenvalue weighted by molar-refractivity contribution is 0.590. The first kappa shape index (κ1) is 15.7. The van der Waals surface area contributed by atoms with Crippen molar-refractivity contribution in [1.82, 2.24) is 0 Å². The minimum atomic E-state index is -1.10. The summed E-state index contributed by atoms with van der Waals surface area (Å²) < 4.78 is -1.10. The Morgan fingerprint density at radius 2 is 1.30 bits per heavy atom. The Labute approximate surface area is 135 Å². The van der Waals surface area contributed by atoms with E-state index in [1.807, 2.05) is 24.3 Å². The van der Waals surface area contributed by atoms with Crippen LogP contribution in [0.25, 0.3) is 0 Å². The third-order valence-electron chi connectivity index (χ3n) is 3.30. The van der Waals surface area contributed by atoms with E-state index in [4.69, 9.17) is 34.8 Å². The summed E-state index contributed by atoms with van der Waals surface area (Å²) >= 11 is 19.1. The van der Waals surface area contributed by atoms with Gasteiger partial charge in [-0.25, -0.2) is 0 Å². The van der Waals surface area contributed by atoms with Crippen LogP contribution >= 0.6 is 34.8 Å². The molecule has 2 rings (SSSR count). The second kappa shape index (κ2) is 5.60. The van der Waals surface area contributed by atoms with Gasteiger partial charge in [0.1, 0.15) is 0 Å². The maximum absolute atomic E-state index is 6.53. The third-order valence-corrected chi connectivity index (χ3v) is 4.41. The summed E-state index contributed by atoms with van der Waals surface area (Å²) in [4.78, 5) is 0. The van der Waals surface area contributed by atoms with E-state index in [2.05, 4.69) is 32.9 Å². The van der Waals surface area contributed by atoms with Gasteiger partial charge in [-0.15, -0.1) is 0 Å². The molecule has 0 saturated heterocycles. The Morgan fingerprint density at radius 3 is 1.80 bits per heavy atom. The molecule has 0 aromatic heterocycles. The van der Waals surface area contributed by atoms with Gasteiger partial charge in [-0.3, -0.25) is 0 Å². The van der Waals surface area contributed by atoms with Crippen molar-refractivity contribution < 1.29 is 0 Å². The molecular formula is C17H17Cl3.